The highest BCUT2D eigenvalue weighted by molar-refractivity contribution is 5.82. The first-order valence-electron chi connectivity index (χ1n) is 8.77. The van der Waals surface area contributed by atoms with Crippen molar-refractivity contribution in [2.45, 2.75) is 19.0 Å². The van der Waals surface area contributed by atoms with Crippen LogP contribution in [0.1, 0.15) is 11.1 Å². The highest BCUT2D eigenvalue weighted by Gasteiger charge is 2.31. The van der Waals surface area contributed by atoms with Crippen LogP contribution in [0.15, 0.2) is 42.5 Å². The van der Waals surface area contributed by atoms with Gasteiger partial charge in [-0.2, -0.15) is 0 Å². The fourth-order valence-corrected chi connectivity index (χ4v) is 3.51. The Balaban J connectivity index is 1.58. The van der Waals surface area contributed by atoms with E-state index >= 15 is 0 Å². The number of nitrogens with one attached hydrogen (secondary N) is 1. The summed E-state index contributed by atoms with van der Waals surface area (Å²) in [5.41, 5.74) is 2.14. The Morgan fingerprint density at radius 3 is 2.73 bits per heavy atom. The van der Waals surface area contributed by atoms with Crippen LogP contribution >= 0.6 is 0 Å². The number of amides is 1. The SMILES string of the molecule is COc1cc2c(cc1CN1CCNC(=O)[C@@H]1Cc1ccccc1)OCO2. The number of hydrogen-bond donors (Lipinski definition) is 1. The van der Waals surface area contributed by atoms with Gasteiger partial charge < -0.3 is 19.5 Å². The van der Waals surface area contributed by atoms with Crippen molar-refractivity contribution in [1.82, 2.24) is 10.2 Å². The van der Waals surface area contributed by atoms with Crippen LogP contribution in [0, 0.1) is 0 Å². The highest BCUT2D eigenvalue weighted by atomic mass is 16.7. The van der Waals surface area contributed by atoms with Crippen LogP contribution in [0.3, 0.4) is 0 Å². The fraction of sp³-hybridized carbons (Fsp3) is 0.350. The summed E-state index contributed by atoms with van der Waals surface area (Å²) in [6.45, 7) is 2.28. The monoisotopic (exact) mass is 354 g/mol. The molecule has 2 aliphatic heterocycles. The molecule has 0 spiro atoms. The zero-order valence-corrected chi connectivity index (χ0v) is 14.7. The Kier molecular flexibility index (Phi) is 4.67. The molecule has 0 unspecified atom stereocenters. The van der Waals surface area contributed by atoms with E-state index in [2.05, 4.69) is 22.3 Å². The summed E-state index contributed by atoms with van der Waals surface area (Å²) in [7, 11) is 1.64. The van der Waals surface area contributed by atoms with Gasteiger partial charge in [0.25, 0.3) is 0 Å². The summed E-state index contributed by atoms with van der Waals surface area (Å²) in [4.78, 5) is 14.7. The van der Waals surface area contributed by atoms with Crippen molar-refractivity contribution in [1.29, 1.82) is 0 Å². The minimum atomic E-state index is -0.207. The van der Waals surface area contributed by atoms with Crippen molar-refractivity contribution >= 4 is 5.91 Å². The number of nitrogens with zero attached hydrogens (tertiary/aromatic N) is 1. The molecule has 26 heavy (non-hydrogen) atoms. The number of rotatable bonds is 5. The van der Waals surface area contributed by atoms with Crippen molar-refractivity contribution in [3.05, 3.63) is 53.6 Å². The van der Waals surface area contributed by atoms with Gasteiger partial charge in [0.1, 0.15) is 5.75 Å². The van der Waals surface area contributed by atoms with E-state index in [1.54, 1.807) is 7.11 Å². The molecule has 1 amide bonds. The van der Waals surface area contributed by atoms with E-state index in [1.807, 2.05) is 30.3 Å². The van der Waals surface area contributed by atoms with E-state index in [0.29, 0.717) is 25.3 Å². The van der Waals surface area contributed by atoms with Gasteiger partial charge in [-0.15, -0.1) is 0 Å². The minimum Gasteiger partial charge on any atom is -0.496 e. The molecule has 4 rings (SSSR count). The Hall–Kier alpha value is -2.73. The smallest absolute Gasteiger partial charge is 0.237 e. The number of fused-ring (bicyclic) bond motifs is 1. The predicted molar refractivity (Wildman–Crippen MR) is 96.5 cm³/mol. The summed E-state index contributed by atoms with van der Waals surface area (Å²) < 4.78 is 16.4. The normalized spacial score (nSPS) is 19.3. The Morgan fingerprint density at radius 1 is 1.19 bits per heavy atom. The van der Waals surface area contributed by atoms with Crippen molar-refractivity contribution in [3.63, 3.8) is 0 Å². The van der Waals surface area contributed by atoms with Crippen molar-refractivity contribution in [3.8, 4) is 17.2 Å². The average molecular weight is 354 g/mol. The molecule has 6 nitrogen and oxygen atoms in total. The van der Waals surface area contributed by atoms with Crippen LogP contribution in [-0.4, -0.2) is 43.8 Å². The zero-order valence-electron chi connectivity index (χ0n) is 14.7. The quantitative estimate of drug-likeness (QED) is 0.890. The lowest BCUT2D eigenvalue weighted by Gasteiger charge is -2.35. The van der Waals surface area contributed by atoms with Crippen LogP contribution in [0.4, 0.5) is 0 Å². The lowest BCUT2D eigenvalue weighted by atomic mass is 10.0. The number of carbonyl (C=O) groups is 1. The summed E-state index contributed by atoms with van der Waals surface area (Å²) in [5.74, 6) is 2.24. The molecule has 2 heterocycles. The van der Waals surface area contributed by atoms with E-state index in [9.17, 15) is 4.79 Å². The zero-order chi connectivity index (χ0) is 17.9. The minimum absolute atomic E-state index is 0.0693. The third kappa shape index (κ3) is 3.32. The molecule has 0 radical (unpaired) electrons. The number of piperazine rings is 1. The van der Waals surface area contributed by atoms with Crippen LogP contribution in [-0.2, 0) is 17.8 Å². The summed E-state index contributed by atoms with van der Waals surface area (Å²) in [5, 5.41) is 2.98. The number of methoxy groups -OCH3 is 1. The molecular formula is C20H22N2O4. The first kappa shape index (κ1) is 16.7. The summed E-state index contributed by atoms with van der Waals surface area (Å²) >= 11 is 0. The van der Waals surface area contributed by atoms with Gasteiger partial charge in [0.05, 0.1) is 13.2 Å². The molecule has 0 saturated carbocycles. The highest BCUT2D eigenvalue weighted by Crippen LogP contribution is 2.38. The number of ether oxygens (including phenoxy) is 3. The molecule has 6 heteroatoms. The molecule has 1 fully saturated rings. The molecule has 0 bridgehead atoms. The maximum atomic E-state index is 12.5. The molecule has 136 valence electrons. The molecule has 2 aliphatic rings. The van der Waals surface area contributed by atoms with Crippen LogP contribution < -0.4 is 19.5 Å². The van der Waals surface area contributed by atoms with Crippen molar-refractivity contribution in [2.75, 3.05) is 27.0 Å². The van der Waals surface area contributed by atoms with Gasteiger partial charge in [-0.3, -0.25) is 9.69 Å². The summed E-state index contributed by atoms with van der Waals surface area (Å²) in [6, 6.07) is 13.7. The second-order valence-electron chi connectivity index (χ2n) is 6.48. The molecule has 0 aliphatic carbocycles. The summed E-state index contributed by atoms with van der Waals surface area (Å²) in [6.07, 6.45) is 0.680. The molecule has 1 atom stereocenters. The first-order chi connectivity index (χ1) is 12.7. The first-order valence-corrected chi connectivity index (χ1v) is 8.77. The van der Waals surface area contributed by atoms with E-state index in [-0.39, 0.29) is 18.7 Å². The van der Waals surface area contributed by atoms with Gasteiger partial charge in [-0.25, -0.2) is 0 Å². The second-order valence-corrected chi connectivity index (χ2v) is 6.48. The number of carbonyl (C=O) groups excluding carboxylic acids is 1. The number of hydrogen-bond acceptors (Lipinski definition) is 5. The Labute approximate surface area is 152 Å². The Bertz CT molecular complexity index is 794. The van der Waals surface area contributed by atoms with E-state index < -0.39 is 0 Å². The van der Waals surface area contributed by atoms with Crippen LogP contribution in [0.5, 0.6) is 17.2 Å². The van der Waals surface area contributed by atoms with Crippen LogP contribution in [0.25, 0.3) is 0 Å². The maximum absolute atomic E-state index is 12.5. The van der Waals surface area contributed by atoms with Gasteiger partial charge in [0.2, 0.25) is 12.7 Å². The largest absolute Gasteiger partial charge is 0.496 e. The maximum Gasteiger partial charge on any atom is 0.237 e. The second kappa shape index (κ2) is 7.25. The third-order valence-corrected chi connectivity index (χ3v) is 4.86. The van der Waals surface area contributed by atoms with Crippen molar-refractivity contribution < 1.29 is 19.0 Å². The third-order valence-electron chi connectivity index (χ3n) is 4.86. The molecule has 1 N–H and O–H groups in total. The standard InChI is InChI=1S/C20H22N2O4/c1-24-17-11-19-18(25-13-26-19)10-15(17)12-22-8-7-21-20(23)16(22)9-14-5-3-2-4-6-14/h2-6,10-11,16H,7-9,12-13H2,1H3,(H,21,23)/t16-/m0/s1. The van der Waals surface area contributed by atoms with Gasteiger partial charge in [0.15, 0.2) is 11.5 Å². The van der Waals surface area contributed by atoms with Gasteiger partial charge in [-0.1, -0.05) is 30.3 Å². The fourth-order valence-electron chi connectivity index (χ4n) is 3.51. The van der Waals surface area contributed by atoms with E-state index in [4.69, 9.17) is 14.2 Å². The van der Waals surface area contributed by atoms with Crippen LogP contribution in [0.2, 0.25) is 0 Å². The molecule has 2 aromatic rings. The number of benzene rings is 2. The van der Waals surface area contributed by atoms with Gasteiger partial charge in [0, 0.05) is 31.3 Å². The predicted octanol–water partition coefficient (Wildman–Crippen LogP) is 1.97. The van der Waals surface area contributed by atoms with E-state index in [1.165, 1.54) is 0 Å². The lowest BCUT2D eigenvalue weighted by Crippen LogP contribution is -2.55. The average Bonchev–Trinajstić information content (AvgIpc) is 3.12. The Morgan fingerprint density at radius 2 is 1.96 bits per heavy atom. The van der Waals surface area contributed by atoms with Crippen molar-refractivity contribution in [2.24, 2.45) is 0 Å². The topological polar surface area (TPSA) is 60.0 Å². The van der Waals surface area contributed by atoms with E-state index in [0.717, 1.165) is 29.2 Å². The molecule has 1 saturated heterocycles. The van der Waals surface area contributed by atoms with Gasteiger partial charge >= 0.3 is 0 Å². The molecule has 0 aromatic heterocycles. The molecule has 2 aromatic carbocycles. The van der Waals surface area contributed by atoms with Gasteiger partial charge in [-0.05, 0) is 18.1 Å². The molecular weight excluding hydrogens is 332 g/mol. The lowest BCUT2D eigenvalue weighted by molar-refractivity contribution is -0.129.